The second-order valence-corrected chi connectivity index (χ2v) is 6.74. The van der Waals surface area contributed by atoms with E-state index in [0.717, 1.165) is 37.3 Å². The third kappa shape index (κ3) is 2.88. The van der Waals surface area contributed by atoms with E-state index in [4.69, 9.17) is 5.10 Å². The summed E-state index contributed by atoms with van der Waals surface area (Å²) in [6.07, 6.45) is 5.76. The SMILES string of the molecule is CCC1C2CNCC2CN1Cc1ccn(C(CC)CC)n1. The second kappa shape index (κ2) is 6.49. The number of likely N-dealkylation sites (tertiary alicyclic amines) is 1. The quantitative estimate of drug-likeness (QED) is 0.874. The highest BCUT2D eigenvalue weighted by atomic mass is 15.3. The van der Waals surface area contributed by atoms with E-state index in [1.807, 2.05) is 0 Å². The van der Waals surface area contributed by atoms with E-state index >= 15 is 0 Å². The van der Waals surface area contributed by atoms with Crippen molar-refractivity contribution in [3.63, 3.8) is 0 Å². The summed E-state index contributed by atoms with van der Waals surface area (Å²) in [5.74, 6) is 1.71. The molecule has 0 aromatic carbocycles. The average molecular weight is 290 g/mol. The molecule has 118 valence electrons. The predicted octanol–water partition coefficient (Wildman–Crippen LogP) is 2.67. The van der Waals surface area contributed by atoms with Gasteiger partial charge in [0.1, 0.15) is 0 Å². The Hall–Kier alpha value is -0.870. The molecule has 2 saturated heterocycles. The fourth-order valence-corrected chi connectivity index (χ4v) is 4.39. The number of aromatic nitrogens is 2. The van der Waals surface area contributed by atoms with Crippen molar-refractivity contribution < 1.29 is 0 Å². The van der Waals surface area contributed by atoms with Crippen molar-refractivity contribution in [3.8, 4) is 0 Å². The Balaban J connectivity index is 1.66. The zero-order valence-electron chi connectivity index (χ0n) is 13.8. The summed E-state index contributed by atoms with van der Waals surface area (Å²) in [6.45, 7) is 11.5. The molecule has 2 fully saturated rings. The highest BCUT2D eigenvalue weighted by molar-refractivity contribution is 5.04. The van der Waals surface area contributed by atoms with Crippen LogP contribution in [0.25, 0.3) is 0 Å². The van der Waals surface area contributed by atoms with Crippen LogP contribution in [-0.2, 0) is 6.54 Å². The summed E-state index contributed by atoms with van der Waals surface area (Å²) >= 11 is 0. The Morgan fingerprint density at radius 3 is 2.81 bits per heavy atom. The van der Waals surface area contributed by atoms with Gasteiger partial charge < -0.3 is 5.32 Å². The third-order valence-electron chi connectivity index (χ3n) is 5.59. The molecule has 2 aliphatic heterocycles. The Bertz CT molecular complexity index is 451. The maximum Gasteiger partial charge on any atom is 0.0765 e. The lowest BCUT2D eigenvalue weighted by Gasteiger charge is -2.26. The third-order valence-corrected chi connectivity index (χ3v) is 5.59. The lowest BCUT2D eigenvalue weighted by Crippen LogP contribution is -2.34. The molecule has 3 rings (SSSR count). The molecule has 0 saturated carbocycles. The van der Waals surface area contributed by atoms with E-state index in [9.17, 15) is 0 Å². The van der Waals surface area contributed by atoms with Crippen LogP contribution in [0.4, 0.5) is 0 Å². The molecule has 4 heteroatoms. The van der Waals surface area contributed by atoms with Crippen molar-refractivity contribution in [2.45, 2.75) is 58.7 Å². The highest BCUT2D eigenvalue weighted by Gasteiger charge is 2.43. The van der Waals surface area contributed by atoms with Gasteiger partial charge in [-0.1, -0.05) is 20.8 Å². The fraction of sp³-hybridized carbons (Fsp3) is 0.824. The van der Waals surface area contributed by atoms with Gasteiger partial charge in [-0.2, -0.15) is 5.10 Å². The van der Waals surface area contributed by atoms with Crippen LogP contribution in [0.15, 0.2) is 12.3 Å². The van der Waals surface area contributed by atoms with Gasteiger partial charge in [-0.05, 0) is 50.3 Å². The van der Waals surface area contributed by atoms with Gasteiger partial charge in [0.2, 0.25) is 0 Å². The maximum absolute atomic E-state index is 4.84. The summed E-state index contributed by atoms with van der Waals surface area (Å²) in [5, 5.41) is 8.40. The van der Waals surface area contributed by atoms with Crippen molar-refractivity contribution in [1.29, 1.82) is 0 Å². The van der Waals surface area contributed by atoms with Crippen LogP contribution in [0.3, 0.4) is 0 Å². The van der Waals surface area contributed by atoms with Crippen molar-refractivity contribution in [3.05, 3.63) is 18.0 Å². The van der Waals surface area contributed by atoms with E-state index in [-0.39, 0.29) is 0 Å². The molecule has 0 aliphatic carbocycles. The number of fused-ring (bicyclic) bond motifs is 1. The zero-order valence-corrected chi connectivity index (χ0v) is 13.8. The first-order valence-corrected chi connectivity index (χ1v) is 8.75. The molecule has 0 radical (unpaired) electrons. The fourth-order valence-electron chi connectivity index (χ4n) is 4.39. The van der Waals surface area contributed by atoms with Gasteiger partial charge in [-0.25, -0.2) is 0 Å². The number of rotatable bonds is 6. The number of nitrogens with zero attached hydrogens (tertiary/aromatic N) is 3. The Morgan fingerprint density at radius 2 is 2.10 bits per heavy atom. The molecule has 4 nitrogen and oxygen atoms in total. The van der Waals surface area contributed by atoms with Crippen LogP contribution >= 0.6 is 0 Å². The monoisotopic (exact) mass is 290 g/mol. The smallest absolute Gasteiger partial charge is 0.0765 e. The highest BCUT2D eigenvalue weighted by Crippen LogP contribution is 2.35. The van der Waals surface area contributed by atoms with Crippen LogP contribution in [0, 0.1) is 11.8 Å². The molecule has 0 spiro atoms. The van der Waals surface area contributed by atoms with Crippen molar-refractivity contribution in [2.75, 3.05) is 19.6 Å². The summed E-state index contributed by atoms with van der Waals surface area (Å²) in [7, 11) is 0. The molecule has 0 bridgehead atoms. The van der Waals surface area contributed by atoms with Crippen molar-refractivity contribution in [2.24, 2.45) is 11.8 Å². The first-order chi connectivity index (χ1) is 10.3. The molecule has 3 unspecified atom stereocenters. The predicted molar refractivity (Wildman–Crippen MR) is 86.2 cm³/mol. The van der Waals surface area contributed by atoms with E-state index in [2.05, 4.69) is 47.9 Å². The molecule has 1 aromatic rings. The standard InChI is InChI=1S/C17H30N4/c1-4-15(5-2)21-8-7-14(19-21)12-20-11-13-9-18-10-16(13)17(20)6-3/h7-8,13,15-18H,4-6,9-12H2,1-3H3. The van der Waals surface area contributed by atoms with E-state index < -0.39 is 0 Å². The van der Waals surface area contributed by atoms with Gasteiger partial charge in [0, 0.05) is 25.3 Å². The number of hydrogen-bond acceptors (Lipinski definition) is 3. The van der Waals surface area contributed by atoms with E-state index in [1.54, 1.807) is 0 Å². The van der Waals surface area contributed by atoms with Crippen molar-refractivity contribution >= 4 is 0 Å². The Kier molecular flexibility index (Phi) is 4.65. The zero-order chi connectivity index (χ0) is 14.8. The normalized spacial score (nSPS) is 29.4. The lowest BCUT2D eigenvalue weighted by atomic mass is 9.93. The minimum absolute atomic E-state index is 0.558. The first kappa shape index (κ1) is 15.0. The Labute approximate surface area is 128 Å². The maximum atomic E-state index is 4.84. The molecule has 1 aromatic heterocycles. The molecular formula is C17H30N4. The summed E-state index contributed by atoms with van der Waals surface area (Å²) in [6, 6.07) is 3.52. The van der Waals surface area contributed by atoms with Gasteiger partial charge in [-0.15, -0.1) is 0 Å². The molecule has 0 amide bonds. The topological polar surface area (TPSA) is 33.1 Å². The molecule has 1 N–H and O–H groups in total. The summed E-state index contributed by atoms with van der Waals surface area (Å²) < 4.78 is 2.18. The average Bonchev–Trinajstić information content (AvgIpc) is 3.17. The summed E-state index contributed by atoms with van der Waals surface area (Å²) in [5.41, 5.74) is 1.24. The molecule has 2 aliphatic rings. The molecular weight excluding hydrogens is 260 g/mol. The number of hydrogen-bond donors (Lipinski definition) is 1. The minimum atomic E-state index is 0.558. The van der Waals surface area contributed by atoms with Crippen LogP contribution in [-0.4, -0.2) is 40.4 Å². The number of nitrogens with one attached hydrogen (secondary N) is 1. The van der Waals surface area contributed by atoms with Crippen LogP contribution in [0.1, 0.15) is 51.8 Å². The lowest BCUT2D eigenvalue weighted by molar-refractivity contribution is 0.207. The van der Waals surface area contributed by atoms with Crippen LogP contribution in [0.5, 0.6) is 0 Å². The van der Waals surface area contributed by atoms with Gasteiger partial charge in [0.25, 0.3) is 0 Å². The second-order valence-electron chi connectivity index (χ2n) is 6.74. The molecule has 21 heavy (non-hydrogen) atoms. The van der Waals surface area contributed by atoms with Gasteiger partial charge in [-0.3, -0.25) is 9.58 Å². The largest absolute Gasteiger partial charge is 0.316 e. The van der Waals surface area contributed by atoms with Gasteiger partial charge in [0.05, 0.1) is 11.7 Å². The first-order valence-electron chi connectivity index (χ1n) is 8.75. The minimum Gasteiger partial charge on any atom is -0.316 e. The van der Waals surface area contributed by atoms with Crippen LogP contribution in [0.2, 0.25) is 0 Å². The van der Waals surface area contributed by atoms with Crippen molar-refractivity contribution in [1.82, 2.24) is 20.0 Å². The van der Waals surface area contributed by atoms with Gasteiger partial charge in [0.15, 0.2) is 0 Å². The van der Waals surface area contributed by atoms with Gasteiger partial charge >= 0.3 is 0 Å². The van der Waals surface area contributed by atoms with E-state index in [1.165, 1.54) is 31.7 Å². The Morgan fingerprint density at radius 1 is 1.29 bits per heavy atom. The molecule has 3 heterocycles. The van der Waals surface area contributed by atoms with E-state index in [0.29, 0.717) is 6.04 Å². The summed E-state index contributed by atoms with van der Waals surface area (Å²) in [4.78, 5) is 2.68. The molecule has 3 atom stereocenters. The van der Waals surface area contributed by atoms with Crippen LogP contribution < -0.4 is 5.32 Å².